The van der Waals surface area contributed by atoms with Crippen molar-refractivity contribution < 1.29 is 47.4 Å². The zero-order chi connectivity index (χ0) is 24.8. The van der Waals surface area contributed by atoms with Crippen molar-refractivity contribution in [3.63, 3.8) is 0 Å². The van der Waals surface area contributed by atoms with Gasteiger partial charge in [-0.25, -0.2) is 0 Å². The monoisotopic (exact) mass is 496 g/mol. The van der Waals surface area contributed by atoms with Crippen LogP contribution in [0.15, 0.2) is 0 Å². The first-order chi connectivity index (χ1) is 16.8. The predicted molar refractivity (Wildman–Crippen MR) is 127 cm³/mol. The first-order valence-corrected chi connectivity index (χ1v) is 12.6. The maximum Gasteiger partial charge on any atom is 0.308 e. The van der Waals surface area contributed by atoms with Crippen molar-refractivity contribution in [3.8, 4) is 0 Å². The maximum absolute atomic E-state index is 11.1. The molecule has 0 saturated carbocycles. The molecule has 0 fully saturated rings. The Labute approximate surface area is 205 Å². The van der Waals surface area contributed by atoms with E-state index in [1.54, 1.807) is 6.92 Å². The van der Waals surface area contributed by atoms with E-state index in [1.807, 2.05) is 0 Å². The van der Waals surface area contributed by atoms with Crippen molar-refractivity contribution in [3.05, 3.63) is 0 Å². The van der Waals surface area contributed by atoms with E-state index in [0.717, 1.165) is 13.0 Å². The molecule has 204 valence electrons. The number of unbranched alkanes of at least 4 members (excludes halogenated alkanes) is 2. The molecule has 0 spiro atoms. The molecule has 0 atom stereocenters. The summed E-state index contributed by atoms with van der Waals surface area (Å²) in [6.45, 7) is 12.9. The molecule has 0 amide bonds. The van der Waals surface area contributed by atoms with Crippen LogP contribution in [0.4, 0.5) is 0 Å². The van der Waals surface area contributed by atoms with Crippen LogP contribution in [-0.2, 0) is 47.4 Å². The summed E-state index contributed by atoms with van der Waals surface area (Å²) in [5, 5.41) is 0. The molecular weight excluding hydrogens is 448 g/mol. The van der Waals surface area contributed by atoms with Crippen molar-refractivity contribution in [2.24, 2.45) is 0 Å². The minimum Gasteiger partial charge on any atom is -0.466 e. The Bertz CT molecular complexity index is 398. The van der Waals surface area contributed by atoms with Crippen LogP contribution in [0.5, 0.6) is 0 Å². The number of esters is 1. The lowest BCUT2D eigenvalue weighted by atomic mass is 10.3. The number of ether oxygens (including phenoxy) is 9. The van der Waals surface area contributed by atoms with Crippen LogP contribution < -0.4 is 0 Å². The number of rotatable bonds is 29. The second-order valence-corrected chi connectivity index (χ2v) is 7.16. The van der Waals surface area contributed by atoms with Gasteiger partial charge in [0.1, 0.15) is 0 Å². The summed E-state index contributed by atoms with van der Waals surface area (Å²) < 4.78 is 48.1. The molecular formula is C24H48O10. The Morgan fingerprint density at radius 1 is 0.441 bits per heavy atom. The second-order valence-electron chi connectivity index (χ2n) is 7.16. The van der Waals surface area contributed by atoms with E-state index in [0.29, 0.717) is 106 Å². The van der Waals surface area contributed by atoms with Gasteiger partial charge in [0.25, 0.3) is 0 Å². The quantitative estimate of drug-likeness (QED) is 0.113. The van der Waals surface area contributed by atoms with E-state index in [9.17, 15) is 4.79 Å². The maximum atomic E-state index is 11.1. The third kappa shape index (κ3) is 29.2. The molecule has 0 saturated heterocycles. The summed E-state index contributed by atoms with van der Waals surface area (Å²) in [7, 11) is 0. The van der Waals surface area contributed by atoms with Crippen molar-refractivity contribution in [1.82, 2.24) is 0 Å². The molecule has 10 nitrogen and oxygen atoms in total. The van der Waals surface area contributed by atoms with Crippen LogP contribution in [0.3, 0.4) is 0 Å². The largest absolute Gasteiger partial charge is 0.466 e. The van der Waals surface area contributed by atoms with Crippen LogP contribution >= 0.6 is 0 Å². The van der Waals surface area contributed by atoms with Crippen molar-refractivity contribution in [2.75, 3.05) is 112 Å². The fourth-order valence-electron chi connectivity index (χ4n) is 2.48. The van der Waals surface area contributed by atoms with E-state index < -0.39 is 0 Å². The smallest absolute Gasteiger partial charge is 0.308 e. The third-order valence-corrected chi connectivity index (χ3v) is 4.25. The van der Waals surface area contributed by atoms with Gasteiger partial charge in [-0.2, -0.15) is 0 Å². The number of hydrogen-bond donors (Lipinski definition) is 0. The van der Waals surface area contributed by atoms with E-state index in [4.69, 9.17) is 42.6 Å². The van der Waals surface area contributed by atoms with Gasteiger partial charge in [-0.05, 0) is 13.3 Å². The molecule has 0 unspecified atom stereocenters. The summed E-state index contributed by atoms with van der Waals surface area (Å²) in [6.07, 6.45) is 3.81. The minimum atomic E-state index is -0.244. The van der Waals surface area contributed by atoms with Crippen LogP contribution in [0.1, 0.15) is 39.5 Å². The highest BCUT2D eigenvalue weighted by Gasteiger charge is 2.00. The van der Waals surface area contributed by atoms with Crippen molar-refractivity contribution >= 4 is 5.97 Å². The molecule has 34 heavy (non-hydrogen) atoms. The van der Waals surface area contributed by atoms with E-state index in [-0.39, 0.29) is 12.4 Å². The summed E-state index contributed by atoms with van der Waals surface area (Å²) >= 11 is 0. The van der Waals surface area contributed by atoms with Gasteiger partial charge >= 0.3 is 5.97 Å². The molecule has 0 heterocycles. The van der Waals surface area contributed by atoms with Crippen LogP contribution in [0.25, 0.3) is 0 Å². The molecule has 0 aromatic heterocycles. The molecule has 0 N–H and O–H groups in total. The zero-order valence-electron chi connectivity index (χ0n) is 21.4. The Kier molecular flexibility index (Phi) is 29.4. The van der Waals surface area contributed by atoms with Gasteiger partial charge < -0.3 is 42.6 Å². The Balaban J connectivity index is 3.03. The number of carbonyl (C=O) groups excluding carboxylic acids is 1. The first-order valence-electron chi connectivity index (χ1n) is 12.6. The van der Waals surface area contributed by atoms with Gasteiger partial charge in [0, 0.05) is 6.61 Å². The average Bonchev–Trinajstić information content (AvgIpc) is 2.83. The predicted octanol–water partition coefficient (Wildman–Crippen LogP) is 2.26. The summed E-state index contributed by atoms with van der Waals surface area (Å²) in [5.41, 5.74) is 0. The summed E-state index contributed by atoms with van der Waals surface area (Å²) in [4.78, 5) is 11.1. The molecule has 0 rings (SSSR count). The van der Waals surface area contributed by atoms with Gasteiger partial charge in [-0.3, -0.25) is 4.79 Å². The van der Waals surface area contributed by atoms with Crippen molar-refractivity contribution in [1.29, 1.82) is 0 Å². The van der Waals surface area contributed by atoms with Gasteiger partial charge in [0.2, 0.25) is 0 Å². The Morgan fingerprint density at radius 2 is 0.765 bits per heavy atom. The van der Waals surface area contributed by atoms with Crippen LogP contribution in [-0.4, -0.2) is 118 Å². The highest BCUT2D eigenvalue weighted by Crippen LogP contribution is 1.94. The molecule has 0 aliphatic carbocycles. The lowest BCUT2D eigenvalue weighted by molar-refractivity contribution is -0.144. The van der Waals surface area contributed by atoms with Gasteiger partial charge in [0.05, 0.1) is 112 Å². The summed E-state index contributed by atoms with van der Waals surface area (Å²) in [5.74, 6) is -0.244. The first kappa shape index (κ1) is 33.1. The average molecular weight is 497 g/mol. The fraction of sp³-hybridized carbons (Fsp3) is 0.958. The van der Waals surface area contributed by atoms with Gasteiger partial charge in [-0.1, -0.05) is 19.8 Å². The zero-order valence-corrected chi connectivity index (χ0v) is 21.4. The standard InChI is InChI=1S/C24H48O10/c1-3-5-6-8-26-10-12-28-14-16-30-18-20-32-22-23-33-21-19-31-17-15-29-13-11-27-9-7-24(25)34-4-2/h3-23H2,1-2H3. The third-order valence-electron chi connectivity index (χ3n) is 4.25. The van der Waals surface area contributed by atoms with Gasteiger partial charge in [0.15, 0.2) is 0 Å². The van der Waals surface area contributed by atoms with Gasteiger partial charge in [-0.15, -0.1) is 0 Å². The summed E-state index contributed by atoms with van der Waals surface area (Å²) in [6, 6.07) is 0. The van der Waals surface area contributed by atoms with Crippen LogP contribution in [0.2, 0.25) is 0 Å². The van der Waals surface area contributed by atoms with Crippen LogP contribution in [0, 0.1) is 0 Å². The molecule has 0 aromatic rings. The topological polar surface area (TPSA) is 100 Å². The highest BCUT2D eigenvalue weighted by molar-refractivity contribution is 5.69. The van der Waals surface area contributed by atoms with E-state index in [1.165, 1.54) is 12.8 Å². The normalized spacial score (nSPS) is 11.2. The van der Waals surface area contributed by atoms with E-state index >= 15 is 0 Å². The lowest BCUT2D eigenvalue weighted by Gasteiger charge is -2.08. The van der Waals surface area contributed by atoms with E-state index in [2.05, 4.69) is 6.92 Å². The molecule has 0 aromatic carbocycles. The highest BCUT2D eigenvalue weighted by atomic mass is 16.6. The molecule has 0 bridgehead atoms. The number of carbonyl (C=O) groups is 1. The SMILES string of the molecule is CCCCCOCCOCCOCCOCCOCCOCCOCCOCCC(=O)OCC. The number of hydrogen-bond acceptors (Lipinski definition) is 10. The molecule has 10 heteroatoms. The molecule has 0 aliphatic rings. The second kappa shape index (κ2) is 30.2. The minimum absolute atomic E-state index is 0.244. The fourth-order valence-corrected chi connectivity index (χ4v) is 2.48. The molecule has 0 aliphatic heterocycles. The molecule has 0 radical (unpaired) electrons. The lowest BCUT2D eigenvalue weighted by Crippen LogP contribution is -2.15. The Morgan fingerprint density at radius 3 is 1.09 bits per heavy atom. The van der Waals surface area contributed by atoms with Crippen molar-refractivity contribution in [2.45, 2.75) is 39.5 Å². The Hall–Kier alpha value is -0.850.